The molecule has 2 heteroatoms. The van der Waals surface area contributed by atoms with Gasteiger partial charge < -0.3 is 0 Å². The number of pyridine rings is 1. The highest BCUT2D eigenvalue weighted by molar-refractivity contribution is 9.09. The number of halogens is 1. The van der Waals surface area contributed by atoms with E-state index in [4.69, 9.17) is 0 Å². The molecule has 2 aromatic rings. The first-order chi connectivity index (χ1) is 7.90. The molecule has 0 N–H and O–H groups in total. The molecule has 1 heterocycles. The average Bonchev–Trinajstić information content (AvgIpc) is 2.38. The molecule has 0 amide bonds. The lowest BCUT2D eigenvalue weighted by atomic mass is 10.1. The Bertz CT molecular complexity index is 460. The van der Waals surface area contributed by atoms with Crippen LogP contribution in [0.15, 0.2) is 54.9 Å². The predicted molar refractivity (Wildman–Crippen MR) is 72.5 cm³/mol. The molecule has 0 unspecified atom stereocenters. The molecule has 0 aliphatic carbocycles. The average molecular weight is 274 g/mol. The van der Waals surface area contributed by atoms with Gasteiger partial charge in [0.15, 0.2) is 0 Å². The molecule has 0 fully saturated rings. The standard InChI is InChI=1S/C14H12BrN/c15-9-1-2-12-3-5-13(6-4-12)14-7-10-16-11-8-14/h1-8,10-11H,9H2. The van der Waals surface area contributed by atoms with Gasteiger partial charge in [-0.2, -0.15) is 0 Å². The number of benzene rings is 1. The van der Waals surface area contributed by atoms with Crippen molar-refractivity contribution in [2.75, 3.05) is 5.33 Å². The van der Waals surface area contributed by atoms with Crippen molar-refractivity contribution in [1.82, 2.24) is 4.98 Å². The summed E-state index contributed by atoms with van der Waals surface area (Å²) in [5.74, 6) is 0. The summed E-state index contributed by atoms with van der Waals surface area (Å²) in [6, 6.07) is 12.5. The second kappa shape index (κ2) is 5.61. The summed E-state index contributed by atoms with van der Waals surface area (Å²) in [5.41, 5.74) is 3.64. The first-order valence-corrected chi connectivity index (χ1v) is 6.25. The molecule has 1 aromatic carbocycles. The van der Waals surface area contributed by atoms with Crippen LogP contribution < -0.4 is 0 Å². The van der Waals surface area contributed by atoms with E-state index in [1.54, 1.807) is 0 Å². The molecule has 80 valence electrons. The number of hydrogen-bond donors (Lipinski definition) is 0. The fourth-order valence-electron chi connectivity index (χ4n) is 1.51. The van der Waals surface area contributed by atoms with Crippen LogP contribution in [0, 0.1) is 0 Å². The Kier molecular flexibility index (Phi) is 3.89. The lowest BCUT2D eigenvalue weighted by Gasteiger charge is -2.01. The summed E-state index contributed by atoms with van der Waals surface area (Å²) >= 11 is 3.36. The van der Waals surface area contributed by atoms with Crippen LogP contribution in [-0.4, -0.2) is 10.3 Å². The third kappa shape index (κ3) is 2.80. The van der Waals surface area contributed by atoms with Crippen LogP contribution >= 0.6 is 15.9 Å². The molecule has 2 rings (SSSR count). The van der Waals surface area contributed by atoms with Crippen molar-refractivity contribution in [3.63, 3.8) is 0 Å². The number of aromatic nitrogens is 1. The number of rotatable bonds is 3. The molecule has 0 aliphatic rings. The van der Waals surface area contributed by atoms with Crippen molar-refractivity contribution in [1.29, 1.82) is 0 Å². The van der Waals surface area contributed by atoms with Crippen LogP contribution in [0.2, 0.25) is 0 Å². The Balaban J connectivity index is 2.23. The SMILES string of the molecule is BrCC=Cc1ccc(-c2ccncc2)cc1. The molecule has 0 saturated carbocycles. The normalized spacial score (nSPS) is 10.8. The topological polar surface area (TPSA) is 12.9 Å². The Hall–Kier alpha value is -1.41. The first-order valence-electron chi connectivity index (χ1n) is 5.13. The van der Waals surface area contributed by atoms with Gasteiger partial charge in [-0.1, -0.05) is 52.3 Å². The molecule has 0 bridgehead atoms. The molecule has 16 heavy (non-hydrogen) atoms. The number of nitrogens with zero attached hydrogens (tertiary/aromatic N) is 1. The predicted octanol–water partition coefficient (Wildman–Crippen LogP) is 4.16. The third-order valence-corrected chi connectivity index (χ3v) is 2.70. The van der Waals surface area contributed by atoms with Crippen molar-refractivity contribution in [2.45, 2.75) is 0 Å². The molecule has 0 atom stereocenters. The maximum Gasteiger partial charge on any atom is 0.0273 e. The lowest BCUT2D eigenvalue weighted by Crippen LogP contribution is -1.79. The Morgan fingerprint density at radius 3 is 2.19 bits per heavy atom. The quantitative estimate of drug-likeness (QED) is 0.766. The van der Waals surface area contributed by atoms with Crippen LogP contribution in [0.1, 0.15) is 5.56 Å². The highest BCUT2D eigenvalue weighted by Crippen LogP contribution is 2.19. The summed E-state index contributed by atoms with van der Waals surface area (Å²) in [6.45, 7) is 0. The van der Waals surface area contributed by atoms with Gasteiger partial charge in [-0.3, -0.25) is 4.98 Å². The first kappa shape index (κ1) is 11.1. The van der Waals surface area contributed by atoms with Crippen LogP contribution in [0.3, 0.4) is 0 Å². The van der Waals surface area contributed by atoms with Gasteiger partial charge in [0.25, 0.3) is 0 Å². The lowest BCUT2D eigenvalue weighted by molar-refractivity contribution is 1.33. The molecular weight excluding hydrogens is 262 g/mol. The van der Waals surface area contributed by atoms with E-state index >= 15 is 0 Å². The number of alkyl halides is 1. The van der Waals surface area contributed by atoms with Crippen molar-refractivity contribution >= 4 is 22.0 Å². The summed E-state index contributed by atoms with van der Waals surface area (Å²) in [5, 5.41) is 0.888. The summed E-state index contributed by atoms with van der Waals surface area (Å²) in [6.07, 6.45) is 7.81. The van der Waals surface area contributed by atoms with Crippen LogP contribution in [0.25, 0.3) is 17.2 Å². The second-order valence-electron chi connectivity index (χ2n) is 3.41. The second-order valence-corrected chi connectivity index (χ2v) is 4.06. The monoisotopic (exact) mass is 273 g/mol. The summed E-state index contributed by atoms with van der Waals surface area (Å²) in [7, 11) is 0. The van der Waals surface area contributed by atoms with Gasteiger partial charge in [0.1, 0.15) is 0 Å². The maximum atomic E-state index is 4.01. The van der Waals surface area contributed by atoms with Gasteiger partial charge in [0, 0.05) is 17.7 Å². The van der Waals surface area contributed by atoms with E-state index in [9.17, 15) is 0 Å². The van der Waals surface area contributed by atoms with Crippen LogP contribution in [0.4, 0.5) is 0 Å². The van der Waals surface area contributed by atoms with Gasteiger partial charge in [0.2, 0.25) is 0 Å². The number of hydrogen-bond acceptors (Lipinski definition) is 1. The Labute approximate surface area is 104 Å². The molecule has 0 saturated heterocycles. The van der Waals surface area contributed by atoms with E-state index < -0.39 is 0 Å². The van der Waals surface area contributed by atoms with Crippen molar-refractivity contribution < 1.29 is 0 Å². The van der Waals surface area contributed by atoms with E-state index in [0.717, 1.165) is 5.33 Å². The highest BCUT2D eigenvalue weighted by Gasteiger charge is 1.95. The van der Waals surface area contributed by atoms with Gasteiger partial charge in [0.05, 0.1) is 0 Å². The van der Waals surface area contributed by atoms with E-state index in [1.165, 1.54) is 16.7 Å². The minimum absolute atomic E-state index is 0.888. The minimum Gasteiger partial charge on any atom is -0.265 e. The zero-order chi connectivity index (χ0) is 11.2. The van der Waals surface area contributed by atoms with Gasteiger partial charge in [-0.15, -0.1) is 0 Å². The van der Waals surface area contributed by atoms with Crippen LogP contribution in [-0.2, 0) is 0 Å². The Morgan fingerprint density at radius 2 is 1.56 bits per heavy atom. The molecule has 0 spiro atoms. The minimum atomic E-state index is 0.888. The summed E-state index contributed by atoms with van der Waals surface area (Å²) in [4.78, 5) is 4.01. The third-order valence-electron chi connectivity index (χ3n) is 2.32. The summed E-state index contributed by atoms with van der Waals surface area (Å²) < 4.78 is 0. The fourth-order valence-corrected chi connectivity index (χ4v) is 1.70. The molecule has 1 nitrogen and oxygen atoms in total. The van der Waals surface area contributed by atoms with Crippen molar-refractivity contribution in [3.8, 4) is 11.1 Å². The molecule has 0 radical (unpaired) electrons. The smallest absolute Gasteiger partial charge is 0.0273 e. The fraction of sp³-hybridized carbons (Fsp3) is 0.0714. The van der Waals surface area contributed by atoms with Crippen LogP contribution in [0.5, 0.6) is 0 Å². The van der Waals surface area contributed by atoms with E-state index in [0.29, 0.717) is 0 Å². The van der Waals surface area contributed by atoms with Crippen molar-refractivity contribution in [2.24, 2.45) is 0 Å². The van der Waals surface area contributed by atoms with E-state index in [1.807, 2.05) is 24.5 Å². The highest BCUT2D eigenvalue weighted by atomic mass is 79.9. The molecular formula is C14H12BrN. The van der Waals surface area contributed by atoms with Gasteiger partial charge in [-0.05, 0) is 28.8 Å². The molecule has 1 aromatic heterocycles. The number of allylic oxidation sites excluding steroid dienone is 1. The zero-order valence-corrected chi connectivity index (χ0v) is 10.4. The van der Waals surface area contributed by atoms with Gasteiger partial charge >= 0.3 is 0 Å². The maximum absolute atomic E-state index is 4.01. The largest absolute Gasteiger partial charge is 0.265 e. The van der Waals surface area contributed by atoms with E-state index in [2.05, 4.69) is 57.3 Å². The molecule has 0 aliphatic heterocycles. The van der Waals surface area contributed by atoms with E-state index in [-0.39, 0.29) is 0 Å². The van der Waals surface area contributed by atoms with Crippen molar-refractivity contribution in [3.05, 3.63) is 60.4 Å². The zero-order valence-electron chi connectivity index (χ0n) is 8.81. The van der Waals surface area contributed by atoms with Gasteiger partial charge in [-0.25, -0.2) is 0 Å². The Morgan fingerprint density at radius 1 is 0.938 bits per heavy atom.